The van der Waals surface area contributed by atoms with Gasteiger partial charge in [-0.2, -0.15) is 0 Å². The number of ether oxygens (including phenoxy) is 4. The molecule has 2 rings (SSSR count). The van der Waals surface area contributed by atoms with E-state index in [0.29, 0.717) is 0 Å². The van der Waals surface area contributed by atoms with Crippen LogP contribution in [0.3, 0.4) is 0 Å². The van der Waals surface area contributed by atoms with Gasteiger partial charge in [-0.15, -0.1) is 0 Å². The second kappa shape index (κ2) is 10.7. The van der Waals surface area contributed by atoms with Crippen LogP contribution in [0.15, 0.2) is 40.3 Å². The molecule has 2 unspecified atom stereocenters. The van der Waals surface area contributed by atoms with Gasteiger partial charge in [-0.25, -0.2) is 0 Å². The van der Waals surface area contributed by atoms with Gasteiger partial charge in [0.2, 0.25) is 0 Å². The zero-order valence-corrected chi connectivity index (χ0v) is 16.9. The highest BCUT2D eigenvalue weighted by molar-refractivity contribution is 7.99. The molecule has 0 aliphatic carbocycles. The highest BCUT2D eigenvalue weighted by Crippen LogP contribution is 2.37. The molecule has 1 aromatic carbocycles. The summed E-state index contributed by atoms with van der Waals surface area (Å²) in [4.78, 5) is 38.2. The molecule has 0 aromatic heterocycles. The van der Waals surface area contributed by atoms with Gasteiger partial charge in [0, 0.05) is 30.6 Å². The number of carbonyl (C=O) groups is 3. The van der Waals surface area contributed by atoms with Crippen molar-refractivity contribution in [2.45, 2.75) is 55.5 Å². The summed E-state index contributed by atoms with van der Waals surface area (Å²) in [6.45, 7) is 3.39. The van der Waals surface area contributed by atoms with Gasteiger partial charge in [-0.05, 0) is 17.7 Å². The SMILES string of the molecule is CC(=O)OCC1O[C@H](Sc2ccccc2)C(OC(C)=O)[C@@H](N=[N+]=[N-])[C@H]1OC(C)=O. The van der Waals surface area contributed by atoms with Crippen LogP contribution in [0, 0.1) is 0 Å². The monoisotopic (exact) mass is 423 g/mol. The molecule has 29 heavy (non-hydrogen) atoms. The summed E-state index contributed by atoms with van der Waals surface area (Å²) in [5.74, 6) is -1.82. The van der Waals surface area contributed by atoms with Gasteiger partial charge in [0.1, 0.15) is 36.4 Å². The maximum atomic E-state index is 11.7. The predicted molar refractivity (Wildman–Crippen MR) is 102 cm³/mol. The summed E-state index contributed by atoms with van der Waals surface area (Å²) in [6.07, 6.45) is -3.07. The zero-order valence-electron chi connectivity index (χ0n) is 16.1. The first kappa shape index (κ1) is 22.5. The van der Waals surface area contributed by atoms with E-state index in [2.05, 4.69) is 10.0 Å². The molecule has 0 amide bonds. The van der Waals surface area contributed by atoms with Gasteiger partial charge in [0.25, 0.3) is 0 Å². The fourth-order valence-corrected chi connectivity index (χ4v) is 3.93. The van der Waals surface area contributed by atoms with Crippen LogP contribution in [0.4, 0.5) is 0 Å². The molecule has 0 radical (unpaired) electrons. The fraction of sp³-hybridized carbons (Fsp3) is 0.500. The van der Waals surface area contributed by atoms with Crippen LogP contribution in [-0.2, 0) is 33.3 Å². The Labute approximate surface area is 171 Å². The first-order valence-electron chi connectivity index (χ1n) is 8.71. The maximum Gasteiger partial charge on any atom is 0.303 e. The molecular weight excluding hydrogens is 402 g/mol. The number of hydrogen-bond acceptors (Lipinski definition) is 9. The van der Waals surface area contributed by atoms with Crippen LogP contribution in [0.25, 0.3) is 10.4 Å². The van der Waals surface area contributed by atoms with Crippen molar-refractivity contribution in [2.75, 3.05) is 6.61 Å². The van der Waals surface area contributed by atoms with Crippen molar-refractivity contribution in [3.05, 3.63) is 40.8 Å². The van der Waals surface area contributed by atoms with E-state index in [0.717, 1.165) is 4.90 Å². The van der Waals surface area contributed by atoms with Crippen LogP contribution < -0.4 is 0 Å². The minimum atomic E-state index is -1.11. The molecule has 1 aliphatic heterocycles. The Morgan fingerprint density at radius 3 is 2.24 bits per heavy atom. The number of azide groups is 1. The van der Waals surface area contributed by atoms with Crippen molar-refractivity contribution in [3.8, 4) is 0 Å². The summed E-state index contributed by atoms with van der Waals surface area (Å²) in [6, 6.07) is 8.09. The Morgan fingerprint density at radius 2 is 1.69 bits per heavy atom. The van der Waals surface area contributed by atoms with Crippen LogP contribution >= 0.6 is 11.8 Å². The molecule has 1 heterocycles. The van der Waals surface area contributed by atoms with Crippen molar-refractivity contribution in [2.24, 2.45) is 5.11 Å². The van der Waals surface area contributed by atoms with E-state index >= 15 is 0 Å². The summed E-state index contributed by atoms with van der Waals surface area (Å²) in [5.41, 5.74) is 8.25. The maximum absolute atomic E-state index is 11.7. The van der Waals surface area contributed by atoms with Crippen LogP contribution in [0.2, 0.25) is 0 Å². The number of esters is 3. The van der Waals surface area contributed by atoms with Gasteiger partial charge < -0.3 is 18.9 Å². The van der Waals surface area contributed by atoms with E-state index < -0.39 is 47.7 Å². The standard InChI is InChI=1S/C18H21N3O7S/c1-10(22)25-9-14-16(26-11(2)23)15(20-21-19)17(27-12(3)24)18(28-14)29-13-7-5-4-6-8-13/h4-8,14-18H,9H2,1-3H3/t14?,15-,16-,17?,18+/m0/s1. The van der Waals surface area contributed by atoms with E-state index in [4.69, 9.17) is 24.5 Å². The second-order valence-corrected chi connectivity index (χ2v) is 7.29. The van der Waals surface area contributed by atoms with Crippen LogP contribution in [0.1, 0.15) is 20.8 Å². The number of rotatable bonds is 7. The molecule has 0 bridgehead atoms. The molecule has 1 aliphatic rings. The molecule has 0 saturated carbocycles. The van der Waals surface area contributed by atoms with E-state index in [-0.39, 0.29) is 6.61 Å². The average Bonchev–Trinajstić information content (AvgIpc) is 2.65. The third kappa shape index (κ3) is 6.67. The Hall–Kier alpha value is -2.75. The summed E-state index contributed by atoms with van der Waals surface area (Å²) in [5, 5.41) is 3.71. The normalized spacial score (nSPS) is 26.0. The highest BCUT2D eigenvalue weighted by atomic mass is 32.2. The average molecular weight is 423 g/mol. The van der Waals surface area contributed by atoms with Crippen molar-refractivity contribution in [1.29, 1.82) is 0 Å². The van der Waals surface area contributed by atoms with E-state index in [1.54, 1.807) is 0 Å². The molecule has 5 atom stereocenters. The summed E-state index contributed by atoms with van der Waals surface area (Å²) >= 11 is 1.24. The topological polar surface area (TPSA) is 137 Å². The van der Waals surface area contributed by atoms with Gasteiger partial charge in [0.05, 0.1) is 0 Å². The second-order valence-electron chi connectivity index (χ2n) is 6.12. The molecule has 1 fully saturated rings. The largest absolute Gasteiger partial charge is 0.463 e. The Kier molecular flexibility index (Phi) is 8.32. The summed E-state index contributed by atoms with van der Waals surface area (Å²) in [7, 11) is 0. The smallest absolute Gasteiger partial charge is 0.303 e. The first-order valence-corrected chi connectivity index (χ1v) is 9.59. The van der Waals surface area contributed by atoms with Crippen LogP contribution in [-0.4, -0.2) is 54.3 Å². The molecule has 0 N–H and O–H groups in total. The van der Waals surface area contributed by atoms with Gasteiger partial charge in [0.15, 0.2) is 0 Å². The number of nitrogens with zero attached hydrogens (tertiary/aromatic N) is 3. The Bertz CT molecular complexity index is 785. The number of hydrogen-bond donors (Lipinski definition) is 0. The van der Waals surface area contributed by atoms with Crippen molar-refractivity contribution in [3.63, 3.8) is 0 Å². The van der Waals surface area contributed by atoms with Crippen LogP contribution in [0.5, 0.6) is 0 Å². The van der Waals surface area contributed by atoms with E-state index in [9.17, 15) is 14.4 Å². The lowest BCUT2D eigenvalue weighted by atomic mass is 9.97. The lowest BCUT2D eigenvalue weighted by Crippen LogP contribution is -2.59. The van der Waals surface area contributed by atoms with Crippen molar-refractivity contribution in [1.82, 2.24) is 0 Å². The Balaban J connectivity index is 2.41. The fourth-order valence-electron chi connectivity index (χ4n) is 2.80. The third-order valence-electron chi connectivity index (χ3n) is 3.85. The molecule has 1 saturated heterocycles. The third-order valence-corrected chi connectivity index (χ3v) is 5.01. The first-order chi connectivity index (χ1) is 13.8. The zero-order chi connectivity index (χ0) is 21.4. The number of benzene rings is 1. The summed E-state index contributed by atoms with van der Waals surface area (Å²) < 4.78 is 21.7. The molecular formula is C18H21N3O7S. The lowest BCUT2D eigenvalue weighted by molar-refractivity contribution is -0.201. The predicted octanol–water partition coefficient (Wildman–Crippen LogP) is 2.61. The minimum absolute atomic E-state index is 0.233. The molecule has 10 nitrogen and oxygen atoms in total. The minimum Gasteiger partial charge on any atom is -0.463 e. The molecule has 1 aromatic rings. The highest BCUT2D eigenvalue weighted by Gasteiger charge is 2.50. The van der Waals surface area contributed by atoms with Gasteiger partial charge >= 0.3 is 17.9 Å². The Morgan fingerprint density at radius 1 is 1.07 bits per heavy atom. The number of carbonyl (C=O) groups excluding carboxylic acids is 3. The van der Waals surface area contributed by atoms with Gasteiger partial charge in [-0.1, -0.05) is 35.1 Å². The number of thioether (sulfide) groups is 1. The van der Waals surface area contributed by atoms with E-state index in [1.807, 2.05) is 30.3 Å². The lowest BCUT2D eigenvalue weighted by Gasteiger charge is -2.43. The molecule has 11 heteroatoms. The molecule has 156 valence electrons. The molecule has 0 spiro atoms. The van der Waals surface area contributed by atoms with Gasteiger partial charge in [-0.3, -0.25) is 14.4 Å². The van der Waals surface area contributed by atoms with Crippen molar-refractivity contribution >= 4 is 29.7 Å². The van der Waals surface area contributed by atoms with Crippen molar-refractivity contribution < 1.29 is 33.3 Å². The quantitative estimate of drug-likeness (QED) is 0.214. The van der Waals surface area contributed by atoms with E-state index in [1.165, 1.54) is 32.5 Å².